The van der Waals surface area contributed by atoms with Crippen LogP contribution in [0.5, 0.6) is 5.88 Å². The second-order valence-corrected chi connectivity index (χ2v) is 6.94. The summed E-state index contributed by atoms with van der Waals surface area (Å²) in [7, 11) is 5.35. The quantitative estimate of drug-likeness (QED) is 0.659. The Morgan fingerprint density at radius 1 is 1.07 bits per heavy atom. The van der Waals surface area contributed by atoms with E-state index in [-0.39, 0.29) is 11.8 Å². The number of carbonyl (C=O) groups is 1. The summed E-state index contributed by atoms with van der Waals surface area (Å²) in [5.74, 6) is 2.12. The highest BCUT2D eigenvalue weighted by Crippen LogP contribution is 2.27. The molecule has 0 aromatic carbocycles. The average Bonchev–Trinajstić information content (AvgIpc) is 3.16. The fraction of sp³-hybridized carbons (Fsp3) is 0.444. The van der Waals surface area contributed by atoms with Gasteiger partial charge in [-0.25, -0.2) is 0 Å². The molecule has 0 unspecified atom stereocenters. The van der Waals surface area contributed by atoms with Gasteiger partial charge in [0.15, 0.2) is 23.0 Å². The third-order valence-electron chi connectivity index (χ3n) is 4.95. The Morgan fingerprint density at radius 3 is 2.50 bits per heavy atom. The predicted molar refractivity (Wildman–Crippen MR) is 102 cm³/mol. The lowest BCUT2D eigenvalue weighted by Crippen LogP contribution is -2.38. The molecule has 1 saturated heterocycles. The van der Waals surface area contributed by atoms with Gasteiger partial charge < -0.3 is 14.5 Å². The zero-order valence-corrected chi connectivity index (χ0v) is 16.1. The van der Waals surface area contributed by atoms with Crippen molar-refractivity contribution < 1.29 is 9.53 Å². The number of likely N-dealkylation sites (tertiary alicyclic amines) is 1. The highest BCUT2D eigenvalue weighted by atomic mass is 16.5. The summed E-state index contributed by atoms with van der Waals surface area (Å²) in [4.78, 5) is 16.4. The van der Waals surface area contributed by atoms with Crippen molar-refractivity contribution in [2.75, 3.05) is 39.2 Å². The number of hydrogen-bond donors (Lipinski definition) is 0. The molecule has 1 amide bonds. The van der Waals surface area contributed by atoms with Crippen LogP contribution < -0.4 is 9.64 Å². The molecule has 0 N–H and O–H groups in total. The molecule has 3 aromatic heterocycles. The summed E-state index contributed by atoms with van der Waals surface area (Å²) in [6.45, 7) is 1.25. The minimum atomic E-state index is -0.0952. The third-order valence-corrected chi connectivity index (χ3v) is 4.95. The molecule has 4 rings (SSSR count). The molecule has 0 saturated carbocycles. The fourth-order valence-electron chi connectivity index (χ4n) is 3.33. The SMILES string of the molecule is COc1ccc2nnc(C3CCN(C(=O)c4ccc(N(C)C)nn4)CC3)n2n1. The van der Waals surface area contributed by atoms with E-state index in [1.807, 2.05) is 30.0 Å². The van der Waals surface area contributed by atoms with Gasteiger partial charge >= 0.3 is 0 Å². The number of carbonyl (C=O) groups excluding carboxylic acids is 1. The van der Waals surface area contributed by atoms with Gasteiger partial charge in [-0.3, -0.25) is 4.79 Å². The lowest BCUT2D eigenvalue weighted by molar-refractivity contribution is 0.0703. The van der Waals surface area contributed by atoms with Crippen LogP contribution in [0.3, 0.4) is 0 Å². The number of piperidine rings is 1. The van der Waals surface area contributed by atoms with E-state index in [4.69, 9.17) is 4.74 Å². The van der Waals surface area contributed by atoms with Gasteiger partial charge in [0.1, 0.15) is 0 Å². The summed E-state index contributed by atoms with van der Waals surface area (Å²) in [6.07, 6.45) is 1.57. The smallest absolute Gasteiger partial charge is 0.274 e. The number of fused-ring (bicyclic) bond motifs is 1. The largest absolute Gasteiger partial charge is 0.480 e. The van der Waals surface area contributed by atoms with Crippen molar-refractivity contribution in [2.24, 2.45) is 0 Å². The van der Waals surface area contributed by atoms with E-state index >= 15 is 0 Å². The Morgan fingerprint density at radius 2 is 1.86 bits per heavy atom. The maximum atomic E-state index is 12.7. The Labute approximate surface area is 162 Å². The Hall–Kier alpha value is -3.30. The summed E-state index contributed by atoms with van der Waals surface area (Å²) in [5.41, 5.74) is 1.05. The van der Waals surface area contributed by atoms with E-state index in [1.165, 1.54) is 0 Å². The number of ether oxygens (including phenoxy) is 1. The Balaban J connectivity index is 1.45. The first-order valence-corrected chi connectivity index (χ1v) is 9.13. The molecule has 1 aliphatic heterocycles. The summed E-state index contributed by atoms with van der Waals surface area (Å²) < 4.78 is 6.93. The van der Waals surface area contributed by atoms with Crippen LogP contribution >= 0.6 is 0 Å². The second-order valence-electron chi connectivity index (χ2n) is 6.94. The summed E-state index contributed by atoms with van der Waals surface area (Å²) >= 11 is 0. The van der Waals surface area contributed by atoms with Crippen molar-refractivity contribution in [3.63, 3.8) is 0 Å². The normalized spacial score (nSPS) is 15.0. The van der Waals surface area contributed by atoms with Gasteiger partial charge in [0, 0.05) is 39.2 Å². The van der Waals surface area contributed by atoms with Crippen LogP contribution in [0.4, 0.5) is 5.82 Å². The van der Waals surface area contributed by atoms with Crippen molar-refractivity contribution in [1.29, 1.82) is 0 Å². The molecule has 0 radical (unpaired) electrons. The van der Waals surface area contributed by atoms with E-state index in [9.17, 15) is 4.79 Å². The molecular weight excluding hydrogens is 360 g/mol. The van der Waals surface area contributed by atoms with Gasteiger partial charge in [-0.05, 0) is 31.0 Å². The molecule has 0 bridgehead atoms. The fourth-order valence-corrected chi connectivity index (χ4v) is 3.33. The van der Waals surface area contributed by atoms with Crippen LogP contribution in [0.15, 0.2) is 24.3 Å². The highest BCUT2D eigenvalue weighted by molar-refractivity contribution is 5.92. The van der Waals surface area contributed by atoms with Crippen molar-refractivity contribution in [2.45, 2.75) is 18.8 Å². The van der Waals surface area contributed by atoms with Crippen LogP contribution in [-0.2, 0) is 0 Å². The van der Waals surface area contributed by atoms with E-state index in [1.54, 1.807) is 29.8 Å². The standard InChI is InChI=1S/C18H22N8O2/c1-24(2)14-5-4-13(19-20-14)18(27)25-10-8-12(9-11-25)17-22-21-15-6-7-16(28-3)23-26(15)17/h4-7,12H,8-11H2,1-3H3. The lowest BCUT2D eigenvalue weighted by atomic mass is 9.96. The molecule has 10 heteroatoms. The van der Waals surface area contributed by atoms with E-state index in [0.717, 1.165) is 24.5 Å². The number of anilines is 1. The van der Waals surface area contributed by atoms with Gasteiger partial charge in [-0.2, -0.15) is 4.52 Å². The van der Waals surface area contributed by atoms with Crippen LogP contribution in [0.1, 0.15) is 35.1 Å². The zero-order valence-electron chi connectivity index (χ0n) is 16.1. The summed E-state index contributed by atoms with van der Waals surface area (Å²) in [5, 5.41) is 21.1. The van der Waals surface area contributed by atoms with Crippen molar-refractivity contribution in [3.8, 4) is 5.88 Å². The van der Waals surface area contributed by atoms with E-state index in [2.05, 4.69) is 25.5 Å². The van der Waals surface area contributed by atoms with Gasteiger partial charge in [-0.1, -0.05) is 0 Å². The van der Waals surface area contributed by atoms with Crippen LogP contribution in [0.2, 0.25) is 0 Å². The Bertz CT molecular complexity index is 977. The number of rotatable bonds is 4. The maximum absolute atomic E-state index is 12.7. The molecule has 0 aliphatic carbocycles. The van der Waals surface area contributed by atoms with E-state index in [0.29, 0.717) is 30.3 Å². The first-order chi connectivity index (χ1) is 13.6. The maximum Gasteiger partial charge on any atom is 0.274 e. The molecule has 10 nitrogen and oxygen atoms in total. The molecule has 1 aliphatic rings. The Kier molecular flexibility index (Phi) is 4.76. The van der Waals surface area contributed by atoms with Gasteiger partial charge in [-0.15, -0.1) is 25.5 Å². The van der Waals surface area contributed by atoms with Crippen molar-refractivity contribution in [1.82, 2.24) is 34.9 Å². The molecule has 4 heterocycles. The van der Waals surface area contributed by atoms with Gasteiger partial charge in [0.2, 0.25) is 5.88 Å². The molecule has 1 fully saturated rings. The average molecular weight is 382 g/mol. The second kappa shape index (κ2) is 7.37. The van der Waals surface area contributed by atoms with Crippen LogP contribution in [0.25, 0.3) is 5.65 Å². The number of nitrogens with zero attached hydrogens (tertiary/aromatic N) is 8. The third kappa shape index (κ3) is 3.32. The van der Waals surface area contributed by atoms with Crippen LogP contribution in [0, 0.1) is 0 Å². The number of aromatic nitrogens is 6. The molecule has 0 atom stereocenters. The molecule has 146 valence electrons. The number of amides is 1. The predicted octanol–water partition coefficient (Wildman–Crippen LogP) is 1.01. The highest BCUT2D eigenvalue weighted by Gasteiger charge is 2.28. The molecular formula is C18H22N8O2. The van der Waals surface area contributed by atoms with Crippen molar-refractivity contribution in [3.05, 3.63) is 35.8 Å². The minimum absolute atomic E-state index is 0.0952. The first kappa shape index (κ1) is 18.1. The molecule has 0 spiro atoms. The first-order valence-electron chi connectivity index (χ1n) is 9.13. The topological polar surface area (TPSA) is 102 Å². The zero-order chi connectivity index (χ0) is 19.7. The monoisotopic (exact) mass is 382 g/mol. The van der Waals surface area contributed by atoms with Gasteiger partial charge in [0.05, 0.1) is 7.11 Å². The summed E-state index contributed by atoms with van der Waals surface area (Å²) in [6, 6.07) is 7.11. The molecule has 28 heavy (non-hydrogen) atoms. The lowest BCUT2D eigenvalue weighted by Gasteiger charge is -2.30. The van der Waals surface area contributed by atoms with Crippen LogP contribution in [-0.4, -0.2) is 75.1 Å². The molecule has 3 aromatic rings. The van der Waals surface area contributed by atoms with Crippen molar-refractivity contribution >= 4 is 17.4 Å². The number of methoxy groups -OCH3 is 1. The number of hydrogen-bond acceptors (Lipinski definition) is 8. The minimum Gasteiger partial charge on any atom is -0.480 e. The van der Waals surface area contributed by atoms with Gasteiger partial charge in [0.25, 0.3) is 5.91 Å². The van der Waals surface area contributed by atoms with E-state index < -0.39 is 0 Å².